The predicted molar refractivity (Wildman–Crippen MR) is 77.6 cm³/mol. The van der Waals surface area contributed by atoms with E-state index in [1.165, 1.54) is 0 Å². The molecule has 0 aromatic heterocycles. The molecule has 1 unspecified atom stereocenters. The van der Waals surface area contributed by atoms with Gasteiger partial charge in [0.05, 0.1) is 6.61 Å². The zero-order chi connectivity index (χ0) is 14.4. The fourth-order valence-corrected chi connectivity index (χ4v) is 2.04. The van der Waals surface area contributed by atoms with E-state index < -0.39 is 0 Å². The zero-order valence-electron chi connectivity index (χ0n) is 12.2. The highest BCUT2D eigenvalue weighted by molar-refractivity contribution is 5.75. The van der Waals surface area contributed by atoms with E-state index in [1.54, 1.807) is 0 Å². The van der Waals surface area contributed by atoms with Gasteiger partial charge in [-0.3, -0.25) is 9.69 Å². The van der Waals surface area contributed by atoms with E-state index in [4.69, 9.17) is 10.5 Å². The minimum absolute atomic E-state index is 0.189. The highest BCUT2D eigenvalue weighted by Crippen LogP contribution is 2.17. The van der Waals surface area contributed by atoms with Crippen molar-refractivity contribution < 1.29 is 9.53 Å². The fourth-order valence-electron chi connectivity index (χ4n) is 2.04. The SMILES string of the molecule is CCOC(=O)C(C)N(Cc1ccccc1N)C(C)C. The topological polar surface area (TPSA) is 55.6 Å². The minimum Gasteiger partial charge on any atom is -0.465 e. The summed E-state index contributed by atoms with van der Waals surface area (Å²) >= 11 is 0. The van der Waals surface area contributed by atoms with Crippen molar-refractivity contribution >= 4 is 11.7 Å². The van der Waals surface area contributed by atoms with Crippen molar-refractivity contribution in [3.8, 4) is 0 Å². The Hall–Kier alpha value is -1.55. The lowest BCUT2D eigenvalue weighted by Crippen LogP contribution is -2.43. The molecule has 0 spiro atoms. The average Bonchev–Trinajstić information content (AvgIpc) is 2.37. The molecule has 0 amide bonds. The van der Waals surface area contributed by atoms with E-state index in [0.29, 0.717) is 13.2 Å². The molecule has 4 nitrogen and oxygen atoms in total. The van der Waals surface area contributed by atoms with E-state index in [-0.39, 0.29) is 18.1 Å². The molecule has 1 aromatic carbocycles. The highest BCUT2D eigenvalue weighted by atomic mass is 16.5. The number of ether oxygens (including phenoxy) is 1. The summed E-state index contributed by atoms with van der Waals surface area (Å²) < 4.78 is 5.09. The Morgan fingerprint density at radius 2 is 1.95 bits per heavy atom. The van der Waals surface area contributed by atoms with E-state index in [1.807, 2.05) is 38.1 Å². The lowest BCUT2D eigenvalue weighted by atomic mass is 10.1. The third-order valence-electron chi connectivity index (χ3n) is 3.20. The van der Waals surface area contributed by atoms with Crippen LogP contribution in [-0.4, -0.2) is 29.6 Å². The van der Waals surface area contributed by atoms with Crippen LogP contribution in [0.1, 0.15) is 33.3 Å². The Labute approximate surface area is 115 Å². The van der Waals surface area contributed by atoms with Crippen LogP contribution in [0.3, 0.4) is 0 Å². The number of anilines is 1. The molecule has 0 fully saturated rings. The maximum atomic E-state index is 11.9. The number of nitrogen functional groups attached to an aromatic ring is 1. The lowest BCUT2D eigenvalue weighted by molar-refractivity contribution is -0.149. The summed E-state index contributed by atoms with van der Waals surface area (Å²) in [6.45, 7) is 8.87. The van der Waals surface area contributed by atoms with Gasteiger partial charge in [-0.15, -0.1) is 0 Å². The smallest absolute Gasteiger partial charge is 0.323 e. The molecular weight excluding hydrogens is 240 g/mol. The van der Waals surface area contributed by atoms with E-state index >= 15 is 0 Å². The summed E-state index contributed by atoms with van der Waals surface area (Å²) in [6.07, 6.45) is 0. The summed E-state index contributed by atoms with van der Waals surface area (Å²) in [4.78, 5) is 14.0. The van der Waals surface area contributed by atoms with Crippen molar-refractivity contribution in [3.05, 3.63) is 29.8 Å². The zero-order valence-corrected chi connectivity index (χ0v) is 12.2. The van der Waals surface area contributed by atoms with Gasteiger partial charge in [0.15, 0.2) is 0 Å². The molecule has 0 saturated heterocycles. The summed E-state index contributed by atoms with van der Waals surface area (Å²) in [5.41, 5.74) is 7.75. The van der Waals surface area contributed by atoms with E-state index in [2.05, 4.69) is 18.7 Å². The second-order valence-electron chi connectivity index (χ2n) is 4.89. The second-order valence-corrected chi connectivity index (χ2v) is 4.89. The Balaban J connectivity index is 2.84. The number of hydrogen-bond acceptors (Lipinski definition) is 4. The van der Waals surface area contributed by atoms with Gasteiger partial charge in [0.2, 0.25) is 0 Å². The molecule has 0 bridgehead atoms. The number of nitrogens with two attached hydrogens (primary N) is 1. The first-order chi connectivity index (χ1) is 8.97. The van der Waals surface area contributed by atoms with Crippen molar-refractivity contribution in [1.82, 2.24) is 4.90 Å². The number of esters is 1. The quantitative estimate of drug-likeness (QED) is 0.633. The van der Waals surface area contributed by atoms with Crippen molar-refractivity contribution in [3.63, 3.8) is 0 Å². The van der Waals surface area contributed by atoms with Gasteiger partial charge >= 0.3 is 5.97 Å². The standard InChI is InChI=1S/C15H24N2O2/c1-5-19-15(18)12(4)17(11(2)3)10-13-8-6-7-9-14(13)16/h6-9,11-12H,5,10,16H2,1-4H3. The molecular formula is C15H24N2O2. The summed E-state index contributed by atoms with van der Waals surface area (Å²) in [7, 11) is 0. The van der Waals surface area contributed by atoms with Crippen LogP contribution >= 0.6 is 0 Å². The molecule has 19 heavy (non-hydrogen) atoms. The van der Waals surface area contributed by atoms with Gasteiger partial charge in [0, 0.05) is 18.3 Å². The van der Waals surface area contributed by atoms with E-state index in [0.717, 1.165) is 11.3 Å². The molecule has 0 aliphatic heterocycles. The van der Waals surface area contributed by atoms with Crippen molar-refractivity contribution in [1.29, 1.82) is 0 Å². The number of hydrogen-bond donors (Lipinski definition) is 1. The number of benzene rings is 1. The Kier molecular flexibility index (Phi) is 5.83. The first-order valence-corrected chi connectivity index (χ1v) is 6.73. The Bertz CT molecular complexity index is 418. The molecule has 0 aliphatic rings. The number of carbonyl (C=O) groups excluding carboxylic acids is 1. The third-order valence-corrected chi connectivity index (χ3v) is 3.20. The molecule has 0 radical (unpaired) electrons. The average molecular weight is 264 g/mol. The third kappa shape index (κ3) is 4.24. The molecule has 106 valence electrons. The largest absolute Gasteiger partial charge is 0.465 e. The monoisotopic (exact) mass is 264 g/mol. The van der Waals surface area contributed by atoms with Gasteiger partial charge in [-0.25, -0.2) is 0 Å². The predicted octanol–water partition coefficient (Wildman–Crippen LogP) is 2.43. The van der Waals surface area contributed by atoms with Gasteiger partial charge in [0.1, 0.15) is 6.04 Å². The van der Waals surface area contributed by atoms with Crippen molar-refractivity contribution in [2.24, 2.45) is 0 Å². The van der Waals surface area contributed by atoms with Crippen LogP contribution < -0.4 is 5.73 Å². The maximum Gasteiger partial charge on any atom is 0.323 e. The molecule has 4 heteroatoms. The van der Waals surface area contributed by atoms with Gasteiger partial charge in [0.25, 0.3) is 0 Å². The lowest BCUT2D eigenvalue weighted by Gasteiger charge is -2.31. The second kappa shape index (κ2) is 7.14. The van der Waals surface area contributed by atoms with Crippen LogP contribution in [0.5, 0.6) is 0 Å². The molecule has 1 atom stereocenters. The fraction of sp³-hybridized carbons (Fsp3) is 0.533. The number of nitrogens with zero attached hydrogens (tertiary/aromatic N) is 1. The first-order valence-electron chi connectivity index (χ1n) is 6.73. The molecule has 0 saturated carbocycles. The van der Waals surface area contributed by atoms with Crippen molar-refractivity contribution in [2.45, 2.75) is 46.3 Å². The molecule has 0 aliphatic carbocycles. The molecule has 2 N–H and O–H groups in total. The minimum atomic E-state index is -0.278. The molecule has 1 aromatic rings. The molecule has 1 rings (SSSR count). The van der Waals surface area contributed by atoms with Crippen LogP contribution in [-0.2, 0) is 16.1 Å². The number of para-hydroxylation sites is 1. The van der Waals surface area contributed by atoms with Crippen LogP contribution in [0.25, 0.3) is 0 Å². The normalized spacial score (nSPS) is 12.7. The van der Waals surface area contributed by atoms with Gasteiger partial charge in [-0.2, -0.15) is 0 Å². The maximum absolute atomic E-state index is 11.9. The Morgan fingerprint density at radius 3 is 2.47 bits per heavy atom. The van der Waals surface area contributed by atoms with Crippen molar-refractivity contribution in [2.75, 3.05) is 12.3 Å². The van der Waals surface area contributed by atoms with Crippen LogP contribution in [0.4, 0.5) is 5.69 Å². The van der Waals surface area contributed by atoms with Gasteiger partial charge in [-0.1, -0.05) is 18.2 Å². The Morgan fingerprint density at radius 1 is 1.32 bits per heavy atom. The summed E-state index contributed by atoms with van der Waals surface area (Å²) in [5, 5.41) is 0. The number of carbonyl (C=O) groups is 1. The summed E-state index contributed by atoms with van der Waals surface area (Å²) in [5.74, 6) is -0.189. The summed E-state index contributed by atoms with van der Waals surface area (Å²) in [6, 6.07) is 7.69. The number of rotatable bonds is 6. The van der Waals surface area contributed by atoms with Gasteiger partial charge < -0.3 is 10.5 Å². The molecule has 0 heterocycles. The van der Waals surface area contributed by atoms with Crippen LogP contribution in [0.2, 0.25) is 0 Å². The highest BCUT2D eigenvalue weighted by Gasteiger charge is 2.25. The van der Waals surface area contributed by atoms with Gasteiger partial charge in [-0.05, 0) is 39.3 Å². The first kappa shape index (κ1) is 15.5. The van der Waals surface area contributed by atoms with Crippen LogP contribution in [0, 0.1) is 0 Å². The van der Waals surface area contributed by atoms with E-state index in [9.17, 15) is 4.79 Å². The van der Waals surface area contributed by atoms with Crippen LogP contribution in [0.15, 0.2) is 24.3 Å².